The molecule has 4 aromatic heterocycles. The van der Waals surface area contributed by atoms with E-state index in [1.54, 1.807) is 35.1 Å². The van der Waals surface area contributed by atoms with Crippen molar-refractivity contribution in [2.24, 2.45) is 0 Å². The summed E-state index contributed by atoms with van der Waals surface area (Å²) in [7, 11) is 0. The monoisotopic (exact) mass is 814 g/mol. The van der Waals surface area contributed by atoms with Crippen molar-refractivity contribution >= 4 is 63.1 Å². The lowest BCUT2D eigenvalue weighted by atomic mass is 10.0. The third-order valence-electron chi connectivity index (χ3n) is 11.1. The maximum absolute atomic E-state index is 13.8. The predicted molar refractivity (Wildman–Crippen MR) is 236 cm³/mol. The highest BCUT2D eigenvalue weighted by molar-refractivity contribution is 7.15. The van der Waals surface area contributed by atoms with Crippen molar-refractivity contribution in [3.63, 3.8) is 0 Å². The number of ketones is 1. The number of rotatable bonds is 12. The van der Waals surface area contributed by atoms with Gasteiger partial charge in [0.05, 0.1) is 54.6 Å². The van der Waals surface area contributed by atoms with Crippen molar-refractivity contribution in [2.75, 3.05) is 72.8 Å². The molecule has 0 aliphatic carbocycles. The van der Waals surface area contributed by atoms with E-state index in [0.29, 0.717) is 17.7 Å². The summed E-state index contributed by atoms with van der Waals surface area (Å²) < 4.78 is 0. The highest BCUT2D eigenvalue weighted by Crippen LogP contribution is 2.31. The molecule has 58 heavy (non-hydrogen) atoms. The first-order valence-electron chi connectivity index (χ1n) is 19.9. The van der Waals surface area contributed by atoms with Crippen LogP contribution >= 0.6 is 22.7 Å². The second-order valence-electron chi connectivity index (χ2n) is 15.0. The second-order valence-corrected chi connectivity index (χ2v) is 17.4. The van der Waals surface area contributed by atoms with Crippen LogP contribution in [0.25, 0.3) is 21.1 Å². The largest absolute Gasteiger partial charge is 0.369 e. The number of hydrogen-bond acceptors (Lipinski definition) is 15. The number of piperazine rings is 2. The van der Waals surface area contributed by atoms with Gasteiger partial charge in [0, 0.05) is 87.5 Å². The van der Waals surface area contributed by atoms with Crippen molar-refractivity contribution in [1.82, 2.24) is 39.7 Å². The molecule has 0 bridgehead atoms. The number of nitrogens with zero attached hydrogens (tertiary/aromatic N) is 10. The third kappa shape index (κ3) is 8.87. The van der Waals surface area contributed by atoms with Crippen LogP contribution in [0.15, 0.2) is 73.1 Å². The molecule has 2 aromatic carbocycles. The van der Waals surface area contributed by atoms with Gasteiger partial charge in [-0.05, 0) is 102 Å². The summed E-state index contributed by atoms with van der Waals surface area (Å²) in [6.45, 7) is 19.1. The van der Waals surface area contributed by atoms with Crippen LogP contribution < -0.4 is 20.4 Å². The highest BCUT2D eigenvalue weighted by Gasteiger charge is 2.32. The molecule has 2 aliphatic rings. The van der Waals surface area contributed by atoms with Crippen LogP contribution in [-0.2, 0) is 4.79 Å². The summed E-state index contributed by atoms with van der Waals surface area (Å²) >= 11 is 3.29. The van der Waals surface area contributed by atoms with Crippen LogP contribution in [0.5, 0.6) is 0 Å². The maximum Gasteiger partial charge on any atom is 0.227 e. The van der Waals surface area contributed by atoms with E-state index in [1.165, 1.54) is 11.4 Å². The van der Waals surface area contributed by atoms with E-state index >= 15 is 0 Å². The molecule has 0 amide bonds. The van der Waals surface area contributed by atoms with Crippen LogP contribution in [0, 0.1) is 27.7 Å². The third-order valence-corrected chi connectivity index (χ3v) is 13.3. The van der Waals surface area contributed by atoms with Gasteiger partial charge in [-0.2, -0.15) is 0 Å². The van der Waals surface area contributed by atoms with Crippen LogP contribution in [0.4, 0.5) is 34.6 Å². The first kappa shape index (κ1) is 39.5. The summed E-state index contributed by atoms with van der Waals surface area (Å²) in [4.78, 5) is 52.9. The molecule has 6 aromatic rings. The minimum atomic E-state index is -0.130. The predicted octanol–water partition coefficient (Wildman–Crippen LogP) is 7.52. The van der Waals surface area contributed by atoms with Crippen LogP contribution in [0.1, 0.15) is 35.3 Å². The van der Waals surface area contributed by atoms with E-state index in [9.17, 15) is 4.79 Å². The fourth-order valence-corrected chi connectivity index (χ4v) is 9.62. The average molecular weight is 815 g/mol. The SMILES string of the molecule is Cc1nc(C)c(-c2ccnc(Nc3ccc(N4CCN(C(C)C(=O)C(C)N5CCN(c6ccc(Nc7nccc(-c8sc(C)nc8C)n7)cc6)CC5)CC4)cc3)n2)s1. The molecule has 2 fully saturated rings. The zero-order valence-electron chi connectivity index (χ0n) is 33.9. The lowest BCUT2D eigenvalue weighted by molar-refractivity contribution is -0.128. The first-order valence-corrected chi connectivity index (χ1v) is 21.5. The van der Waals surface area contributed by atoms with Gasteiger partial charge in [-0.15, -0.1) is 22.7 Å². The number of aromatic nitrogens is 6. The number of Topliss-reactive ketones (excluding diaryl/α,β-unsaturated/α-hetero) is 1. The maximum atomic E-state index is 13.8. The van der Waals surface area contributed by atoms with E-state index in [-0.39, 0.29) is 12.1 Å². The van der Waals surface area contributed by atoms with Crippen LogP contribution in [-0.4, -0.2) is 110 Å². The lowest BCUT2D eigenvalue weighted by Gasteiger charge is -2.42. The van der Waals surface area contributed by atoms with Crippen molar-refractivity contribution in [3.8, 4) is 21.1 Å². The number of aryl methyl sites for hydroxylation is 4. The normalized spacial score (nSPS) is 16.3. The summed E-state index contributed by atoms with van der Waals surface area (Å²) in [5, 5.41) is 8.76. The molecule has 0 saturated carbocycles. The van der Waals surface area contributed by atoms with Crippen molar-refractivity contribution in [1.29, 1.82) is 0 Å². The van der Waals surface area contributed by atoms with Gasteiger partial charge in [-0.25, -0.2) is 29.9 Å². The summed E-state index contributed by atoms with van der Waals surface area (Å²) in [6, 6.07) is 20.4. The number of carbonyl (C=O) groups excluding carboxylic acids is 1. The Labute approximate surface area is 348 Å². The highest BCUT2D eigenvalue weighted by atomic mass is 32.1. The standard InChI is InChI=1S/C43H50N12OS2/c1-27-40(57-31(5)46-27)37-15-17-44-42(50-37)48-33-7-11-35(12-8-33)54-23-19-52(20-24-54)29(3)39(56)30(4)53-21-25-55(26-22-53)36-13-9-34(10-14-36)49-43-45-18-16-38(51-43)41-28(2)47-32(6)58-41/h7-18,29-30H,19-26H2,1-6H3,(H,44,48,50)(H,45,49,51). The number of carbonyl (C=O) groups is 1. The molecule has 0 radical (unpaired) electrons. The Bertz CT molecular complexity index is 2180. The minimum Gasteiger partial charge on any atom is -0.369 e. The van der Waals surface area contributed by atoms with Gasteiger partial charge in [0.2, 0.25) is 11.9 Å². The molecule has 2 N–H and O–H groups in total. The van der Waals surface area contributed by atoms with Crippen LogP contribution in [0.2, 0.25) is 0 Å². The smallest absolute Gasteiger partial charge is 0.227 e. The minimum absolute atomic E-state index is 0.130. The molecule has 2 aliphatic heterocycles. The number of nitrogens with one attached hydrogen (secondary N) is 2. The zero-order valence-corrected chi connectivity index (χ0v) is 35.6. The Morgan fingerprint density at radius 3 is 1.28 bits per heavy atom. The van der Waals surface area contributed by atoms with Gasteiger partial charge >= 0.3 is 0 Å². The molecule has 2 saturated heterocycles. The second kappa shape index (κ2) is 17.2. The van der Waals surface area contributed by atoms with E-state index in [2.05, 4.69) is 113 Å². The van der Waals surface area contributed by atoms with Gasteiger partial charge < -0.3 is 20.4 Å². The Morgan fingerprint density at radius 1 is 0.552 bits per heavy atom. The van der Waals surface area contributed by atoms with Crippen molar-refractivity contribution in [2.45, 2.75) is 53.6 Å². The summed E-state index contributed by atoms with van der Waals surface area (Å²) in [5.41, 5.74) is 7.93. The fourth-order valence-electron chi connectivity index (χ4n) is 7.84. The summed E-state index contributed by atoms with van der Waals surface area (Å²) in [6.07, 6.45) is 3.56. The zero-order chi connectivity index (χ0) is 40.3. The van der Waals surface area contributed by atoms with Crippen LogP contribution in [0.3, 0.4) is 0 Å². The van der Waals surface area contributed by atoms with E-state index in [0.717, 1.165) is 106 Å². The van der Waals surface area contributed by atoms with Gasteiger partial charge in [0.15, 0.2) is 5.78 Å². The number of thiazole rings is 2. The van der Waals surface area contributed by atoms with Crippen molar-refractivity contribution in [3.05, 3.63) is 94.5 Å². The molecule has 13 nitrogen and oxygen atoms in total. The topological polar surface area (TPSA) is 131 Å². The van der Waals surface area contributed by atoms with E-state index in [4.69, 9.17) is 9.97 Å². The van der Waals surface area contributed by atoms with Gasteiger partial charge in [-0.1, -0.05) is 0 Å². The van der Waals surface area contributed by atoms with Gasteiger partial charge in [-0.3, -0.25) is 14.6 Å². The molecule has 300 valence electrons. The number of benzene rings is 2. The molecule has 15 heteroatoms. The van der Waals surface area contributed by atoms with E-state index < -0.39 is 0 Å². The average Bonchev–Trinajstić information content (AvgIpc) is 3.78. The van der Waals surface area contributed by atoms with Gasteiger partial charge in [0.1, 0.15) is 0 Å². The Balaban J connectivity index is 0.785. The number of anilines is 6. The quantitative estimate of drug-likeness (QED) is 0.126. The molecule has 2 atom stereocenters. The van der Waals surface area contributed by atoms with Gasteiger partial charge in [0.25, 0.3) is 0 Å². The van der Waals surface area contributed by atoms with E-state index in [1.807, 2.05) is 39.8 Å². The Kier molecular flexibility index (Phi) is 11.7. The molecular weight excluding hydrogens is 765 g/mol. The first-order chi connectivity index (χ1) is 28.1. The lowest BCUT2D eigenvalue weighted by Crippen LogP contribution is -2.57. The fraction of sp³-hybridized carbons (Fsp3) is 0.372. The molecular formula is C43H50N12OS2. The summed E-state index contributed by atoms with van der Waals surface area (Å²) in [5.74, 6) is 1.42. The molecule has 8 rings (SSSR count). The molecule has 6 heterocycles. The number of hydrogen-bond donors (Lipinski definition) is 2. The van der Waals surface area contributed by atoms with Crippen molar-refractivity contribution < 1.29 is 4.79 Å². The molecule has 0 spiro atoms. The Hall–Kier alpha value is -5.35. The molecule has 2 unspecified atom stereocenters. The Morgan fingerprint density at radius 2 is 0.931 bits per heavy atom.